The average molecular weight is 498 g/mol. The largest absolute Gasteiger partial charge is 0.478 e. The number of hydrogen-bond donors (Lipinski definition) is 10. The van der Waals surface area contributed by atoms with E-state index in [9.17, 15) is 38.4 Å². The molecule has 2 amide bonds. The zero-order valence-corrected chi connectivity index (χ0v) is 17.3. The smallest absolute Gasteiger partial charge is 0.404 e. The summed E-state index contributed by atoms with van der Waals surface area (Å²) in [5.74, 6) is -7.54. The molecule has 18 nitrogen and oxygen atoms in total. The molecule has 0 aliphatic rings. The normalized spacial score (nSPS) is 8.65. The van der Waals surface area contributed by atoms with Crippen LogP contribution >= 0.6 is 0 Å². The number of carboxylic acid groups (broad SMARTS) is 8. The summed E-state index contributed by atoms with van der Waals surface area (Å²) in [4.78, 5) is 75.8. The van der Waals surface area contributed by atoms with Gasteiger partial charge in [-0.3, -0.25) is 0 Å². The molecule has 0 fully saturated rings. The highest BCUT2D eigenvalue weighted by Gasteiger charge is 1.89. The molecule has 0 aliphatic heterocycles. The van der Waals surface area contributed by atoms with E-state index in [1.54, 1.807) is 0 Å². The molecule has 0 rings (SSSR count). The van der Waals surface area contributed by atoms with Gasteiger partial charge < -0.3 is 51.5 Å². The van der Waals surface area contributed by atoms with E-state index in [0.29, 0.717) is 36.5 Å². The van der Waals surface area contributed by atoms with E-state index in [1.807, 2.05) is 10.6 Å². The molecule has 0 aromatic heterocycles. The van der Waals surface area contributed by atoms with E-state index < -0.39 is 48.0 Å². The zero-order chi connectivity index (χ0) is 28.3. The molecule has 18 heteroatoms. The van der Waals surface area contributed by atoms with Crippen molar-refractivity contribution >= 4 is 48.0 Å². The van der Waals surface area contributed by atoms with Gasteiger partial charge in [0.15, 0.2) is 0 Å². The summed E-state index contributed by atoms with van der Waals surface area (Å²) in [6, 6.07) is 0. The quantitative estimate of drug-likeness (QED) is 0.194. The zero-order valence-electron chi connectivity index (χ0n) is 17.3. The van der Waals surface area contributed by atoms with Crippen LogP contribution < -0.4 is 10.6 Å². The summed E-state index contributed by atoms with van der Waals surface area (Å²) in [6.07, 6.45) is 1.36. The lowest BCUT2D eigenvalue weighted by Crippen LogP contribution is -2.13. The molecule has 0 spiro atoms. The minimum absolute atomic E-state index is 0.558. The molecule has 192 valence electrons. The van der Waals surface area contributed by atoms with Gasteiger partial charge in [-0.1, -0.05) is 0 Å². The predicted octanol–water partition coefficient (Wildman–Crippen LogP) is -1.10. The van der Waals surface area contributed by atoms with Crippen molar-refractivity contribution in [2.75, 3.05) is 14.1 Å². The number of amides is 2. The summed E-state index contributed by atoms with van der Waals surface area (Å²) in [5.41, 5.74) is 0. The first-order valence-electron chi connectivity index (χ1n) is 7.65. The second-order valence-electron chi connectivity index (χ2n) is 4.14. The van der Waals surface area contributed by atoms with Gasteiger partial charge in [-0.25, -0.2) is 38.4 Å². The van der Waals surface area contributed by atoms with E-state index >= 15 is 0 Å². The van der Waals surface area contributed by atoms with E-state index in [4.69, 9.17) is 40.9 Å². The summed E-state index contributed by atoms with van der Waals surface area (Å²) in [5, 5.41) is 66.0. The Morgan fingerprint density at radius 3 is 0.500 bits per heavy atom. The SMILES string of the molecule is CNC(=O)O.CNC(=O)O.O=C(O)/C=C/C(=O)O.O=C(O)/C=C/C(=O)O.O=C(O)/C=C/C(=O)O. The van der Waals surface area contributed by atoms with Crippen LogP contribution in [0.1, 0.15) is 0 Å². The van der Waals surface area contributed by atoms with Crippen LogP contribution in [0.25, 0.3) is 0 Å². The maximum absolute atomic E-state index is 9.55. The Labute approximate surface area is 189 Å². The van der Waals surface area contributed by atoms with Crippen LogP contribution in [0.2, 0.25) is 0 Å². The molecular formula is C16H22N2O16. The Morgan fingerprint density at radius 2 is 0.471 bits per heavy atom. The minimum atomic E-state index is -1.26. The van der Waals surface area contributed by atoms with Crippen LogP contribution in [-0.4, -0.2) is 103 Å². The molecule has 0 aliphatic carbocycles. The molecule has 10 N–H and O–H groups in total. The number of aliphatic carboxylic acids is 6. The van der Waals surface area contributed by atoms with Crippen molar-refractivity contribution in [3.05, 3.63) is 36.5 Å². The first kappa shape index (κ1) is 39.1. The predicted molar refractivity (Wildman–Crippen MR) is 107 cm³/mol. The van der Waals surface area contributed by atoms with E-state index in [2.05, 4.69) is 0 Å². The lowest BCUT2D eigenvalue weighted by Gasteiger charge is -1.78. The van der Waals surface area contributed by atoms with Gasteiger partial charge in [-0.15, -0.1) is 0 Å². The average Bonchev–Trinajstić information content (AvgIpc) is 2.71. The van der Waals surface area contributed by atoms with Crippen molar-refractivity contribution in [2.45, 2.75) is 0 Å². The molecular weight excluding hydrogens is 476 g/mol. The van der Waals surface area contributed by atoms with Crippen LogP contribution in [-0.2, 0) is 28.8 Å². The molecule has 0 aromatic rings. The first-order valence-corrected chi connectivity index (χ1v) is 7.65. The fourth-order valence-corrected chi connectivity index (χ4v) is 0.428. The van der Waals surface area contributed by atoms with Crippen molar-refractivity contribution in [2.24, 2.45) is 0 Å². The van der Waals surface area contributed by atoms with Crippen LogP contribution in [0.5, 0.6) is 0 Å². The summed E-state index contributed by atoms with van der Waals surface area (Å²) < 4.78 is 0. The van der Waals surface area contributed by atoms with Gasteiger partial charge in [0.05, 0.1) is 0 Å². The van der Waals surface area contributed by atoms with Gasteiger partial charge in [0.1, 0.15) is 0 Å². The number of carbonyl (C=O) groups is 8. The maximum atomic E-state index is 9.55. The molecule has 0 heterocycles. The number of nitrogens with one attached hydrogen (secondary N) is 2. The van der Waals surface area contributed by atoms with Gasteiger partial charge >= 0.3 is 48.0 Å². The molecule has 0 saturated carbocycles. The highest BCUT2D eigenvalue weighted by Crippen LogP contribution is 1.71. The molecule has 34 heavy (non-hydrogen) atoms. The lowest BCUT2D eigenvalue weighted by atomic mass is 10.5. The van der Waals surface area contributed by atoms with Crippen molar-refractivity contribution in [3.63, 3.8) is 0 Å². The first-order chi connectivity index (χ1) is 15.4. The summed E-state index contributed by atoms with van der Waals surface area (Å²) >= 11 is 0. The third-order valence-electron chi connectivity index (χ3n) is 1.53. The van der Waals surface area contributed by atoms with Crippen LogP contribution in [0, 0.1) is 0 Å². The lowest BCUT2D eigenvalue weighted by molar-refractivity contribution is -0.134. The van der Waals surface area contributed by atoms with Gasteiger partial charge in [-0.2, -0.15) is 0 Å². The van der Waals surface area contributed by atoms with Crippen LogP contribution in [0.4, 0.5) is 9.59 Å². The van der Waals surface area contributed by atoms with Crippen molar-refractivity contribution in [3.8, 4) is 0 Å². The second-order valence-corrected chi connectivity index (χ2v) is 4.14. The highest BCUT2D eigenvalue weighted by atomic mass is 16.4. The van der Waals surface area contributed by atoms with Crippen molar-refractivity contribution in [1.29, 1.82) is 0 Å². The maximum Gasteiger partial charge on any atom is 0.404 e. The van der Waals surface area contributed by atoms with E-state index in [-0.39, 0.29) is 0 Å². The molecule has 0 saturated heterocycles. The van der Waals surface area contributed by atoms with E-state index in [0.717, 1.165) is 0 Å². The fourth-order valence-electron chi connectivity index (χ4n) is 0.428. The molecule has 0 radical (unpaired) electrons. The van der Waals surface area contributed by atoms with Crippen molar-refractivity contribution < 1.29 is 79.2 Å². The van der Waals surface area contributed by atoms with Crippen LogP contribution in [0.15, 0.2) is 36.5 Å². The standard InChI is InChI=1S/3C4H4O4.2C2H5NO2/c3*5-3(6)1-2-4(7)8;2*1-3-2(4)5/h3*1-2H,(H,5,6)(H,7,8);2*3H,1H3,(H,4,5)/b3*2-1+;;. The van der Waals surface area contributed by atoms with E-state index in [1.165, 1.54) is 14.1 Å². The Morgan fingerprint density at radius 1 is 0.382 bits per heavy atom. The Bertz CT molecular complexity index is 639. The Hall–Kier alpha value is -5.42. The number of hydrogen-bond acceptors (Lipinski definition) is 8. The van der Waals surface area contributed by atoms with Gasteiger partial charge in [0, 0.05) is 50.6 Å². The van der Waals surface area contributed by atoms with Crippen LogP contribution in [0.3, 0.4) is 0 Å². The van der Waals surface area contributed by atoms with Crippen molar-refractivity contribution in [1.82, 2.24) is 10.6 Å². The Balaban J connectivity index is -0.000000105. The minimum Gasteiger partial charge on any atom is -0.478 e. The van der Waals surface area contributed by atoms with Gasteiger partial charge in [0.2, 0.25) is 0 Å². The number of carboxylic acids is 6. The monoisotopic (exact) mass is 498 g/mol. The fraction of sp³-hybridized carbons (Fsp3) is 0.125. The third kappa shape index (κ3) is 94.3. The topological polar surface area (TPSA) is 322 Å². The molecule has 0 aromatic carbocycles. The van der Waals surface area contributed by atoms with Gasteiger partial charge in [-0.05, 0) is 0 Å². The summed E-state index contributed by atoms with van der Waals surface area (Å²) in [6.45, 7) is 0. The molecule has 0 unspecified atom stereocenters. The summed E-state index contributed by atoms with van der Waals surface area (Å²) in [7, 11) is 2.70. The highest BCUT2D eigenvalue weighted by molar-refractivity contribution is 5.90. The van der Waals surface area contributed by atoms with Gasteiger partial charge in [0.25, 0.3) is 0 Å². The Kier molecular flexibility index (Phi) is 31.7. The molecule has 0 atom stereocenters. The second kappa shape index (κ2) is 27.6. The third-order valence-corrected chi connectivity index (χ3v) is 1.53. The molecule has 0 bridgehead atoms. The number of rotatable bonds is 6.